The fraction of sp³-hybridized carbons (Fsp3) is 0.429. The third-order valence-corrected chi connectivity index (χ3v) is 1.85. The maximum atomic E-state index is 9.37. The van der Waals surface area contributed by atoms with Gasteiger partial charge >= 0.3 is 0 Å². The van der Waals surface area contributed by atoms with E-state index in [4.69, 9.17) is 5.11 Å². The standard InChI is InChI=1S/C7H10N2O3S/c10-4-1-8-7(9-2-4)6(12)5(11)3-13/h1-2,5-6,10-13H,3H2. The minimum atomic E-state index is -1.17. The van der Waals surface area contributed by atoms with Crippen LogP contribution in [0.3, 0.4) is 0 Å². The monoisotopic (exact) mass is 202 g/mol. The number of hydrogen-bond donors (Lipinski definition) is 4. The van der Waals surface area contributed by atoms with Crippen LogP contribution < -0.4 is 0 Å². The summed E-state index contributed by atoms with van der Waals surface area (Å²) in [6, 6.07) is 0. The summed E-state index contributed by atoms with van der Waals surface area (Å²) in [6.07, 6.45) is 0.124. The van der Waals surface area contributed by atoms with Crippen molar-refractivity contribution in [3.8, 4) is 5.75 Å². The van der Waals surface area contributed by atoms with Crippen molar-refractivity contribution >= 4 is 12.6 Å². The molecule has 0 radical (unpaired) electrons. The largest absolute Gasteiger partial charge is 0.505 e. The van der Waals surface area contributed by atoms with Gasteiger partial charge in [0.05, 0.1) is 18.5 Å². The van der Waals surface area contributed by atoms with E-state index in [0.29, 0.717) is 0 Å². The molecule has 2 atom stereocenters. The molecule has 72 valence electrons. The Morgan fingerprint density at radius 2 is 1.85 bits per heavy atom. The van der Waals surface area contributed by atoms with E-state index < -0.39 is 12.2 Å². The first-order chi connectivity index (χ1) is 6.15. The van der Waals surface area contributed by atoms with E-state index in [0.717, 1.165) is 12.4 Å². The molecule has 0 saturated heterocycles. The van der Waals surface area contributed by atoms with Gasteiger partial charge in [0, 0.05) is 5.75 Å². The predicted octanol–water partition coefficient (Wildman–Crippen LogP) is -0.494. The molecular weight excluding hydrogens is 192 g/mol. The Balaban J connectivity index is 2.77. The second-order valence-corrected chi connectivity index (χ2v) is 2.86. The molecule has 2 unspecified atom stereocenters. The van der Waals surface area contributed by atoms with Crippen LogP contribution in [0.25, 0.3) is 0 Å². The molecule has 6 heteroatoms. The summed E-state index contributed by atoms with van der Waals surface area (Å²) in [5.41, 5.74) is 0. The van der Waals surface area contributed by atoms with E-state index in [-0.39, 0.29) is 17.3 Å². The van der Waals surface area contributed by atoms with Crippen molar-refractivity contribution in [3.05, 3.63) is 18.2 Å². The predicted molar refractivity (Wildman–Crippen MR) is 48.5 cm³/mol. The number of aliphatic hydroxyl groups excluding tert-OH is 2. The van der Waals surface area contributed by atoms with Crippen molar-refractivity contribution in [2.45, 2.75) is 12.2 Å². The fourth-order valence-corrected chi connectivity index (χ4v) is 0.956. The van der Waals surface area contributed by atoms with Gasteiger partial charge in [0.1, 0.15) is 6.10 Å². The van der Waals surface area contributed by atoms with Gasteiger partial charge in [-0.25, -0.2) is 9.97 Å². The highest BCUT2D eigenvalue weighted by molar-refractivity contribution is 7.80. The number of aliphatic hydroxyl groups is 2. The lowest BCUT2D eigenvalue weighted by molar-refractivity contribution is 0.0279. The molecule has 0 bridgehead atoms. The van der Waals surface area contributed by atoms with Gasteiger partial charge in [-0.3, -0.25) is 0 Å². The zero-order valence-electron chi connectivity index (χ0n) is 6.70. The summed E-state index contributed by atoms with van der Waals surface area (Å²) in [5.74, 6) is 0.0986. The Hall–Kier alpha value is -0.850. The van der Waals surface area contributed by atoms with Crippen molar-refractivity contribution in [2.24, 2.45) is 0 Å². The summed E-state index contributed by atoms with van der Waals surface area (Å²) in [5, 5.41) is 27.4. The maximum Gasteiger partial charge on any atom is 0.159 e. The molecule has 1 heterocycles. The Morgan fingerprint density at radius 1 is 1.31 bits per heavy atom. The van der Waals surface area contributed by atoms with Crippen molar-refractivity contribution < 1.29 is 15.3 Å². The first-order valence-electron chi connectivity index (χ1n) is 3.63. The van der Waals surface area contributed by atoms with E-state index in [2.05, 4.69) is 22.6 Å². The smallest absolute Gasteiger partial charge is 0.159 e. The van der Waals surface area contributed by atoms with Gasteiger partial charge in [-0.2, -0.15) is 12.6 Å². The zero-order valence-corrected chi connectivity index (χ0v) is 7.59. The van der Waals surface area contributed by atoms with E-state index in [1.54, 1.807) is 0 Å². The maximum absolute atomic E-state index is 9.37. The van der Waals surface area contributed by atoms with Crippen molar-refractivity contribution in [1.29, 1.82) is 0 Å². The first kappa shape index (κ1) is 10.2. The summed E-state index contributed by atoms with van der Waals surface area (Å²) in [6.45, 7) is 0. The molecule has 5 nitrogen and oxygen atoms in total. The van der Waals surface area contributed by atoms with Crippen LogP contribution in [0.1, 0.15) is 11.9 Å². The van der Waals surface area contributed by atoms with Gasteiger partial charge in [0.15, 0.2) is 11.6 Å². The molecule has 0 amide bonds. The summed E-state index contributed by atoms with van der Waals surface area (Å²) in [7, 11) is 0. The van der Waals surface area contributed by atoms with Gasteiger partial charge in [-0.1, -0.05) is 0 Å². The van der Waals surface area contributed by atoms with Crippen LogP contribution in [-0.2, 0) is 0 Å². The Kier molecular flexibility index (Phi) is 3.47. The summed E-state index contributed by atoms with van der Waals surface area (Å²) < 4.78 is 0. The van der Waals surface area contributed by atoms with Crippen LogP contribution in [0, 0.1) is 0 Å². The normalized spacial score (nSPS) is 15.3. The van der Waals surface area contributed by atoms with E-state index in [9.17, 15) is 10.2 Å². The second-order valence-electron chi connectivity index (χ2n) is 2.49. The molecule has 0 aliphatic carbocycles. The molecule has 0 aromatic carbocycles. The second kappa shape index (κ2) is 4.40. The average Bonchev–Trinajstić information content (AvgIpc) is 2.17. The van der Waals surface area contributed by atoms with Gasteiger partial charge in [0.2, 0.25) is 0 Å². The van der Waals surface area contributed by atoms with Gasteiger partial charge < -0.3 is 15.3 Å². The van der Waals surface area contributed by atoms with Crippen molar-refractivity contribution in [1.82, 2.24) is 9.97 Å². The molecule has 0 fully saturated rings. The summed E-state index contributed by atoms with van der Waals surface area (Å²) in [4.78, 5) is 7.28. The molecular formula is C7H10N2O3S. The molecule has 3 N–H and O–H groups in total. The average molecular weight is 202 g/mol. The number of nitrogens with zero attached hydrogens (tertiary/aromatic N) is 2. The van der Waals surface area contributed by atoms with Crippen LogP contribution in [0.2, 0.25) is 0 Å². The van der Waals surface area contributed by atoms with Crippen LogP contribution in [0.15, 0.2) is 12.4 Å². The number of thiol groups is 1. The molecule has 1 aromatic heterocycles. The highest BCUT2D eigenvalue weighted by atomic mass is 32.1. The Labute approximate surface area is 80.5 Å². The number of aromatic nitrogens is 2. The minimum absolute atomic E-state index is 0.0688. The van der Waals surface area contributed by atoms with Crippen LogP contribution >= 0.6 is 12.6 Å². The van der Waals surface area contributed by atoms with E-state index in [1.165, 1.54) is 0 Å². The third-order valence-electron chi connectivity index (χ3n) is 1.47. The Bertz CT molecular complexity index is 267. The van der Waals surface area contributed by atoms with Gasteiger partial charge in [-0.05, 0) is 0 Å². The molecule has 0 spiro atoms. The minimum Gasteiger partial charge on any atom is -0.505 e. The molecule has 0 aliphatic rings. The van der Waals surface area contributed by atoms with Crippen molar-refractivity contribution in [2.75, 3.05) is 5.75 Å². The van der Waals surface area contributed by atoms with Crippen LogP contribution in [0.4, 0.5) is 0 Å². The highest BCUT2D eigenvalue weighted by Crippen LogP contribution is 2.14. The first-order valence-corrected chi connectivity index (χ1v) is 4.26. The molecule has 0 saturated carbocycles. The number of rotatable bonds is 3. The van der Waals surface area contributed by atoms with Crippen molar-refractivity contribution in [3.63, 3.8) is 0 Å². The molecule has 0 aliphatic heterocycles. The number of hydrogen-bond acceptors (Lipinski definition) is 6. The highest BCUT2D eigenvalue weighted by Gasteiger charge is 2.19. The molecule has 1 rings (SSSR count). The lowest BCUT2D eigenvalue weighted by Gasteiger charge is -2.13. The lowest BCUT2D eigenvalue weighted by Crippen LogP contribution is -2.21. The zero-order chi connectivity index (χ0) is 9.84. The fourth-order valence-electron chi connectivity index (χ4n) is 0.756. The van der Waals surface area contributed by atoms with Crippen LogP contribution in [0.5, 0.6) is 5.75 Å². The topological polar surface area (TPSA) is 86.5 Å². The molecule has 1 aromatic rings. The number of aromatic hydroxyl groups is 1. The quantitative estimate of drug-likeness (QED) is 0.497. The van der Waals surface area contributed by atoms with E-state index >= 15 is 0 Å². The Morgan fingerprint density at radius 3 is 2.31 bits per heavy atom. The SMILES string of the molecule is Oc1cnc(C(O)C(O)CS)nc1. The van der Waals surface area contributed by atoms with E-state index in [1.807, 2.05) is 0 Å². The van der Waals surface area contributed by atoms with Gasteiger partial charge in [0.25, 0.3) is 0 Å². The van der Waals surface area contributed by atoms with Gasteiger partial charge in [-0.15, -0.1) is 0 Å². The summed E-state index contributed by atoms with van der Waals surface area (Å²) >= 11 is 3.81. The lowest BCUT2D eigenvalue weighted by atomic mass is 10.2. The molecule has 13 heavy (non-hydrogen) atoms. The third kappa shape index (κ3) is 2.55. The van der Waals surface area contributed by atoms with Crippen LogP contribution in [-0.4, -0.2) is 37.1 Å².